The summed E-state index contributed by atoms with van der Waals surface area (Å²) in [6, 6.07) is 20.9. The highest BCUT2D eigenvalue weighted by Gasteiger charge is 2.30. The molecule has 33 heavy (non-hydrogen) atoms. The molecule has 1 atom stereocenters. The first-order valence-corrected chi connectivity index (χ1v) is 11.7. The summed E-state index contributed by atoms with van der Waals surface area (Å²) in [7, 11) is 0. The SMILES string of the molecule is CCC(c1nc2ccccc2c(=O)n1CC)N(CC(C)C)C(=O)c1cccc2ccccc12. The van der Waals surface area contributed by atoms with Crippen molar-refractivity contribution in [3.63, 3.8) is 0 Å². The zero-order valence-corrected chi connectivity index (χ0v) is 19.8. The third-order valence-electron chi connectivity index (χ3n) is 6.11. The molecule has 0 fully saturated rings. The van der Waals surface area contributed by atoms with Gasteiger partial charge in [-0.05, 0) is 48.2 Å². The molecule has 1 unspecified atom stereocenters. The number of hydrogen-bond donors (Lipinski definition) is 0. The van der Waals surface area contributed by atoms with Gasteiger partial charge in [-0.15, -0.1) is 0 Å². The molecule has 4 rings (SSSR count). The molecule has 5 nitrogen and oxygen atoms in total. The van der Waals surface area contributed by atoms with Gasteiger partial charge in [0.15, 0.2) is 0 Å². The van der Waals surface area contributed by atoms with E-state index in [1.165, 1.54) is 0 Å². The third-order valence-corrected chi connectivity index (χ3v) is 6.11. The lowest BCUT2D eigenvalue weighted by atomic mass is 10.0. The summed E-state index contributed by atoms with van der Waals surface area (Å²) in [5.41, 5.74) is 1.29. The molecule has 0 N–H and O–H groups in total. The number of para-hydroxylation sites is 1. The van der Waals surface area contributed by atoms with Crippen molar-refractivity contribution < 1.29 is 4.79 Å². The average Bonchev–Trinajstić information content (AvgIpc) is 2.83. The van der Waals surface area contributed by atoms with Gasteiger partial charge in [-0.25, -0.2) is 4.98 Å². The van der Waals surface area contributed by atoms with Crippen molar-refractivity contribution in [3.05, 3.63) is 88.5 Å². The lowest BCUT2D eigenvalue weighted by Crippen LogP contribution is -2.40. The van der Waals surface area contributed by atoms with E-state index in [1.807, 2.05) is 78.6 Å². The van der Waals surface area contributed by atoms with Crippen LogP contribution in [-0.4, -0.2) is 26.9 Å². The number of nitrogens with zero attached hydrogens (tertiary/aromatic N) is 3. The summed E-state index contributed by atoms with van der Waals surface area (Å²) in [5, 5.41) is 2.58. The van der Waals surface area contributed by atoms with E-state index in [9.17, 15) is 9.59 Å². The molecule has 0 radical (unpaired) electrons. The maximum Gasteiger partial charge on any atom is 0.261 e. The van der Waals surface area contributed by atoms with Crippen LogP contribution in [0.4, 0.5) is 0 Å². The Kier molecular flexibility index (Phi) is 6.59. The Morgan fingerprint density at radius 2 is 1.61 bits per heavy atom. The van der Waals surface area contributed by atoms with Gasteiger partial charge in [-0.2, -0.15) is 0 Å². The van der Waals surface area contributed by atoms with Crippen LogP contribution < -0.4 is 5.56 Å². The van der Waals surface area contributed by atoms with Crippen LogP contribution in [0.15, 0.2) is 71.5 Å². The molecule has 0 spiro atoms. The van der Waals surface area contributed by atoms with Gasteiger partial charge in [-0.1, -0.05) is 69.3 Å². The molecule has 3 aromatic carbocycles. The fourth-order valence-electron chi connectivity index (χ4n) is 4.60. The highest BCUT2D eigenvalue weighted by molar-refractivity contribution is 6.07. The lowest BCUT2D eigenvalue weighted by molar-refractivity contribution is 0.0630. The summed E-state index contributed by atoms with van der Waals surface area (Å²) < 4.78 is 1.72. The molecule has 0 aliphatic carbocycles. The second-order valence-corrected chi connectivity index (χ2v) is 8.84. The van der Waals surface area contributed by atoms with Crippen molar-refractivity contribution >= 4 is 27.6 Å². The number of hydrogen-bond acceptors (Lipinski definition) is 3. The van der Waals surface area contributed by atoms with Crippen LogP contribution in [-0.2, 0) is 6.54 Å². The molecule has 170 valence electrons. The Morgan fingerprint density at radius 3 is 2.30 bits per heavy atom. The summed E-state index contributed by atoms with van der Waals surface area (Å²) in [6.07, 6.45) is 0.661. The molecular weight excluding hydrogens is 410 g/mol. The minimum Gasteiger partial charge on any atom is -0.328 e. The number of carbonyl (C=O) groups excluding carboxylic acids is 1. The van der Waals surface area contributed by atoms with Gasteiger partial charge < -0.3 is 4.90 Å². The quantitative estimate of drug-likeness (QED) is 0.363. The highest BCUT2D eigenvalue weighted by Crippen LogP contribution is 2.29. The number of amides is 1. The van der Waals surface area contributed by atoms with Crippen molar-refractivity contribution in [1.29, 1.82) is 0 Å². The van der Waals surface area contributed by atoms with Crippen molar-refractivity contribution in [2.45, 2.75) is 46.7 Å². The molecule has 0 aliphatic rings. The average molecular weight is 442 g/mol. The van der Waals surface area contributed by atoms with Crippen molar-refractivity contribution in [1.82, 2.24) is 14.5 Å². The Balaban J connectivity index is 1.89. The van der Waals surface area contributed by atoms with E-state index >= 15 is 0 Å². The Hall–Kier alpha value is -3.47. The molecule has 4 aromatic rings. The lowest BCUT2D eigenvalue weighted by Gasteiger charge is -2.34. The Morgan fingerprint density at radius 1 is 0.939 bits per heavy atom. The zero-order chi connectivity index (χ0) is 23.5. The first-order valence-electron chi connectivity index (χ1n) is 11.7. The first-order chi connectivity index (χ1) is 16.0. The molecule has 0 saturated heterocycles. The van der Waals surface area contributed by atoms with Crippen LogP contribution in [0, 0.1) is 5.92 Å². The largest absolute Gasteiger partial charge is 0.328 e. The van der Waals surface area contributed by atoms with E-state index in [0.29, 0.717) is 41.8 Å². The van der Waals surface area contributed by atoms with Crippen molar-refractivity contribution in [2.24, 2.45) is 5.92 Å². The molecule has 1 heterocycles. The molecule has 0 aliphatic heterocycles. The van der Waals surface area contributed by atoms with Gasteiger partial charge in [0.05, 0.1) is 16.9 Å². The van der Waals surface area contributed by atoms with E-state index in [1.54, 1.807) is 4.57 Å². The summed E-state index contributed by atoms with van der Waals surface area (Å²) in [4.78, 5) is 34.1. The normalized spacial score (nSPS) is 12.4. The van der Waals surface area contributed by atoms with Crippen LogP contribution in [0.3, 0.4) is 0 Å². The molecule has 0 saturated carbocycles. The van der Waals surface area contributed by atoms with Gasteiger partial charge in [0, 0.05) is 18.7 Å². The second-order valence-electron chi connectivity index (χ2n) is 8.84. The first kappa shape index (κ1) is 22.7. The minimum atomic E-state index is -0.309. The van der Waals surface area contributed by atoms with Crippen LogP contribution in [0.25, 0.3) is 21.7 Å². The minimum absolute atomic E-state index is 0.0302. The Bertz CT molecular complexity index is 1350. The van der Waals surface area contributed by atoms with Gasteiger partial charge >= 0.3 is 0 Å². The number of carbonyl (C=O) groups is 1. The monoisotopic (exact) mass is 441 g/mol. The summed E-state index contributed by atoms with van der Waals surface area (Å²) >= 11 is 0. The molecule has 1 aromatic heterocycles. The van der Waals surface area contributed by atoms with E-state index in [-0.39, 0.29) is 23.4 Å². The predicted octanol–water partition coefficient (Wildman–Crippen LogP) is 5.82. The van der Waals surface area contributed by atoms with Crippen LogP contribution in [0.2, 0.25) is 0 Å². The Labute approximate surface area is 194 Å². The van der Waals surface area contributed by atoms with Crippen LogP contribution in [0.5, 0.6) is 0 Å². The van der Waals surface area contributed by atoms with E-state index in [0.717, 1.165) is 10.8 Å². The topological polar surface area (TPSA) is 55.2 Å². The predicted molar refractivity (Wildman–Crippen MR) is 135 cm³/mol. The van der Waals surface area contributed by atoms with Crippen LogP contribution in [0.1, 0.15) is 56.3 Å². The van der Waals surface area contributed by atoms with Gasteiger partial charge in [0.25, 0.3) is 11.5 Å². The number of benzene rings is 3. The number of fused-ring (bicyclic) bond motifs is 2. The fraction of sp³-hybridized carbons (Fsp3) is 0.321. The summed E-state index contributed by atoms with van der Waals surface area (Å²) in [6.45, 7) is 9.30. The second kappa shape index (κ2) is 9.57. The van der Waals surface area contributed by atoms with Gasteiger partial charge in [0.2, 0.25) is 0 Å². The molecule has 5 heteroatoms. The highest BCUT2D eigenvalue weighted by atomic mass is 16.2. The maximum absolute atomic E-state index is 14.0. The molecule has 0 bridgehead atoms. The van der Waals surface area contributed by atoms with Crippen LogP contribution >= 0.6 is 0 Å². The van der Waals surface area contributed by atoms with E-state index in [2.05, 4.69) is 20.8 Å². The molecular formula is C28H31N3O2. The standard InChI is InChI=1S/C28H31N3O2/c1-5-25(26-29-24-17-10-9-15-23(24)28(33)30(26)6-2)31(18-19(3)4)27(32)22-16-11-13-20-12-7-8-14-21(20)22/h7-17,19,25H,5-6,18H2,1-4H3. The molecule has 1 amide bonds. The van der Waals surface area contributed by atoms with Crippen molar-refractivity contribution in [3.8, 4) is 0 Å². The summed E-state index contributed by atoms with van der Waals surface area (Å²) in [5.74, 6) is 0.885. The third kappa shape index (κ3) is 4.28. The maximum atomic E-state index is 14.0. The van der Waals surface area contributed by atoms with E-state index < -0.39 is 0 Å². The zero-order valence-electron chi connectivity index (χ0n) is 19.8. The van der Waals surface area contributed by atoms with Crippen molar-refractivity contribution in [2.75, 3.05) is 6.54 Å². The van der Waals surface area contributed by atoms with Gasteiger partial charge in [-0.3, -0.25) is 14.2 Å². The number of rotatable bonds is 7. The van der Waals surface area contributed by atoms with E-state index in [4.69, 9.17) is 4.98 Å². The van der Waals surface area contributed by atoms with Gasteiger partial charge in [0.1, 0.15) is 5.82 Å². The fourth-order valence-corrected chi connectivity index (χ4v) is 4.60. The number of aromatic nitrogens is 2. The smallest absolute Gasteiger partial charge is 0.261 e.